The quantitative estimate of drug-likeness (QED) is 0.545. The van der Waals surface area contributed by atoms with Crippen LogP contribution in [0.1, 0.15) is 39.5 Å². The summed E-state index contributed by atoms with van der Waals surface area (Å²) >= 11 is 0. The molecule has 1 aliphatic heterocycles. The van der Waals surface area contributed by atoms with E-state index < -0.39 is 0 Å². The lowest BCUT2D eigenvalue weighted by atomic mass is 9.95. The zero-order valence-electron chi connectivity index (χ0n) is 7.24. The van der Waals surface area contributed by atoms with Gasteiger partial charge in [0.15, 0.2) is 0 Å². The van der Waals surface area contributed by atoms with Crippen molar-refractivity contribution in [1.82, 2.24) is 5.32 Å². The average molecular weight is 141 g/mol. The van der Waals surface area contributed by atoms with E-state index in [9.17, 15) is 0 Å². The summed E-state index contributed by atoms with van der Waals surface area (Å²) in [4.78, 5) is 0. The molecule has 0 amide bonds. The predicted octanol–water partition coefficient (Wildman–Crippen LogP) is 2.18. The molecular weight excluding hydrogens is 122 g/mol. The maximum atomic E-state index is 3.38. The molecule has 1 heteroatoms. The molecule has 2 fully saturated rings. The molecule has 1 saturated carbocycles. The molecule has 10 heavy (non-hydrogen) atoms. The average Bonchev–Trinajstić information content (AvgIpc) is 2.75. The molecule has 2 rings (SSSR count). The molecular formula is C9H19N. The van der Waals surface area contributed by atoms with Crippen LogP contribution < -0.4 is 5.32 Å². The molecule has 1 aliphatic carbocycles. The van der Waals surface area contributed by atoms with E-state index in [4.69, 9.17) is 0 Å². The van der Waals surface area contributed by atoms with Crippen LogP contribution in [0, 0.1) is 5.41 Å². The fourth-order valence-electron chi connectivity index (χ4n) is 1.63. The number of nitrogens with one attached hydrogen (secondary N) is 1. The lowest BCUT2D eigenvalue weighted by Crippen LogP contribution is -2.28. The molecule has 0 aromatic heterocycles. The van der Waals surface area contributed by atoms with Crippen LogP contribution in [0.2, 0.25) is 0 Å². The molecule has 0 radical (unpaired) electrons. The van der Waals surface area contributed by atoms with Gasteiger partial charge in [-0.1, -0.05) is 13.8 Å². The minimum absolute atomic E-state index is 0.866. The fourth-order valence-corrected chi connectivity index (χ4v) is 1.63. The summed E-state index contributed by atoms with van der Waals surface area (Å²) in [5, 5.41) is 3.38. The Kier molecular flexibility index (Phi) is 2.72. The molecule has 2 aliphatic rings. The summed E-state index contributed by atoms with van der Waals surface area (Å²) in [5.41, 5.74) is 0.866. The summed E-state index contributed by atoms with van der Waals surface area (Å²) in [6.07, 6.45) is 5.95. The summed E-state index contributed by atoms with van der Waals surface area (Å²) < 4.78 is 0. The second-order valence-corrected chi connectivity index (χ2v) is 3.25. The molecule has 1 N–H and O–H groups in total. The third kappa shape index (κ3) is 1.72. The first kappa shape index (κ1) is 8.06. The van der Waals surface area contributed by atoms with Gasteiger partial charge >= 0.3 is 0 Å². The predicted molar refractivity (Wildman–Crippen MR) is 45.1 cm³/mol. The molecule has 0 unspecified atom stereocenters. The van der Waals surface area contributed by atoms with E-state index in [1.54, 1.807) is 0 Å². The minimum atomic E-state index is 0.866. The zero-order chi connectivity index (χ0) is 7.45. The highest BCUT2D eigenvalue weighted by Crippen LogP contribution is 2.52. The van der Waals surface area contributed by atoms with Crippen LogP contribution in [0.15, 0.2) is 0 Å². The van der Waals surface area contributed by atoms with E-state index in [2.05, 4.69) is 5.32 Å². The summed E-state index contributed by atoms with van der Waals surface area (Å²) in [6.45, 7) is 6.56. The van der Waals surface area contributed by atoms with E-state index in [-0.39, 0.29) is 0 Å². The molecule has 0 bridgehead atoms. The fraction of sp³-hybridized carbons (Fsp3) is 1.00. The van der Waals surface area contributed by atoms with Crippen LogP contribution in [0.4, 0.5) is 0 Å². The number of piperidine rings is 1. The zero-order valence-corrected chi connectivity index (χ0v) is 7.24. The van der Waals surface area contributed by atoms with Crippen molar-refractivity contribution in [2.45, 2.75) is 39.5 Å². The molecule has 1 spiro atoms. The van der Waals surface area contributed by atoms with Gasteiger partial charge in [0.05, 0.1) is 0 Å². The Bertz CT molecular complexity index is 86.9. The Balaban J connectivity index is 0.000000231. The van der Waals surface area contributed by atoms with Crippen molar-refractivity contribution in [2.24, 2.45) is 5.41 Å². The molecule has 0 aromatic carbocycles. The Hall–Kier alpha value is -0.0400. The highest BCUT2D eigenvalue weighted by molar-refractivity contribution is 4.95. The highest BCUT2D eigenvalue weighted by atomic mass is 14.9. The van der Waals surface area contributed by atoms with Gasteiger partial charge in [-0.15, -0.1) is 0 Å². The second kappa shape index (κ2) is 3.38. The Morgan fingerprint density at radius 2 is 1.40 bits per heavy atom. The third-order valence-corrected chi connectivity index (χ3v) is 2.62. The van der Waals surface area contributed by atoms with Gasteiger partial charge < -0.3 is 5.32 Å². The highest BCUT2D eigenvalue weighted by Gasteiger charge is 2.42. The lowest BCUT2D eigenvalue weighted by molar-refractivity contribution is 0.353. The van der Waals surface area contributed by atoms with E-state index in [1.165, 1.54) is 38.8 Å². The van der Waals surface area contributed by atoms with E-state index >= 15 is 0 Å². The van der Waals surface area contributed by atoms with Crippen LogP contribution in [-0.2, 0) is 0 Å². The van der Waals surface area contributed by atoms with Crippen molar-refractivity contribution in [3.05, 3.63) is 0 Å². The standard InChI is InChI=1S/C7H13N.C2H6/c1-2-7(1)3-5-8-6-4-7;1-2/h8H,1-6H2;1-2H3. The topological polar surface area (TPSA) is 12.0 Å². The van der Waals surface area contributed by atoms with Crippen LogP contribution >= 0.6 is 0 Å². The molecule has 1 heterocycles. The second-order valence-electron chi connectivity index (χ2n) is 3.25. The van der Waals surface area contributed by atoms with Crippen molar-refractivity contribution in [3.63, 3.8) is 0 Å². The number of hydrogen-bond acceptors (Lipinski definition) is 1. The third-order valence-electron chi connectivity index (χ3n) is 2.62. The van der Waals surface area contributed by atoms with Crippen LogP contribution in [0.5, 0.6) is 0 Å². The van der Waals surface area contributed by atoms with E-state index in [0.717, 1.165) is 5.41 Å². The van der Waals surface area contributed by atoms with Crippen LogP contribution in [0.3, 0.4) is 0 Å². The molecule has 0 atom stereocenters. The molecule has 1 saturated heterocycles. The first-order chi connectivity index (χ1) is 4.91. The smallest absolute Gasteiger partial charge is 0.00436 e. The molecule has 60 valence electrons. The summed E-state index contributed by atoms with van der Waals surface area (Å²) in [6, 6.07) is 0. The van der Waals surface area contributed by atoms with E-state index in [0.29, 0.717) is 0 Å². The Labute approximate surface area is 64.2 Å². The minimum Gasteiger partial charge on any atom is -0.317 e. The van der Waals surface area contributed by atoms with Gasteiger partial charge in [0.1, 0.15) is 0 Å². The summed E-state index contributed by atoms with van der Waals surface area (Å²) in [7, 11) is 0. The van der Waals surface area contributed by atoms with Gasteiger partial charge in [-0.05, 0) is 44.2 Å². The lowest BCUT2D eigenvalue weighted by Gasteiger charge is -2.20. The SMILES string of the molecule is C1CC2(CCN1)CC2.CC. The van der Waals surface area contributed by atoms with Gasteiger partial charge in [-0.25, -0.2) is 0 Å². The van der Waals surface area contributed by atoms with Gasteiger partial charge in [-0.3, -0.25) is 0 Å². The summed E-state index contributed by atoms with van der Waals surface area (Å²) in [5.74, 6) is 0. The maximum absolute atomic E-state index is 3.38. The van der Waals surface area contributed by atoms with Gasteiger partial charge in [0.2, 0.25) is 0 Å². The van der Waals surface area contributed by atoms with Crippen molar-refractivity contribution in [2.75, 3.05) is 13.1 Å². The van der Waals surface area contributed by atoms with Crippen molar-refractivity contribution in [3.8, 4) is 0 Å². The van der Waals surface area contributed by atoms with Crippen molar-refractivity contribution in [1.29, 1.82) is 0 Å². The maximum Gasteiger partial charge on any atom is -0.00436 e. The van der Waals surface area contributed by atoms with E-state index in [1.807, 2.05) is 13.8 Å². The largest absolute Gasteiger partial charge is 0.317 e. The van der Waals surface area contributed by atoms with Gasteiger partial charge in [0.25, 0.3) is 0 Å². The van der Waals surface area contributed by atoms with Gasteiger partial charge in [0, 0.05) is 0 Å². The monoisotopic (exact) mass is 141 g/mol. The molecule has 0 aromatic rings. The molecule has 1 nitrogen and oxygen atoms in total. The van der Waals surface area contributed by atoms with Crippen LogP contribution in [0.25, 0.3) is 0 Å². The Morgan fingerprint density at radius 3 is 1.70 bits per heavy atom. The van der Waals surface area contributed by atoms with Crippen molar-refractivity contribution >= 4 is 0 Å². The normalized spacial score (nSPS) is 27.0. The first-order valence-electron chi connectivity index (χ1n) is 4.62. The van der Waals surface area contributed by atoms with Gasteiger partial charge in [-0.2, -0.15) is 0 Å². The van der Waals surface area contributed by atoms with Crippen LogP contribution in [-0.4, -0.2) is 13.1 Å². The first-order valence-corrected chi connectivity index (χ1v) is 4.62. The Morgan fingerprint density at radius 1 is 0.900 bits per heavy atom. The number of hydrogen-bond donors (Lipinski definition) is 1. The number of rotatable bonds is 0. The van der Waals surface area contributed by atoms with Crippen molar-refractivity contribution < 1.29 is 0 Å².